The highest BCUT2D eigenvalue weighted by Crippen LogP contribution is 2.25. The summed E-state index contributed by atoms with van der Waals surface area (Å²) in [6.07, 6.45) is 7.15. The zero-order chi connectivity index (χ0) is 26.0. The number of carbonyl (C=O) groups is 1. The summed E-state index contributed by atoms with van der Waals surface area (Å²) in [5, 5.41) is 0.282. The molecule has 3 heterocycles. The number of aromatic nitrogens is 1. The van der Waals surface area contributed by atoms with Gasteiger partial charge in [0, 0.05) is 44.3 Å². The molecule has 1 aromatic heterocycles. The number of hydrogen-bond acceptors (Lipinski definition) is 4. The van der Waals surface area contributed by atoms with Gasteiger partial charge in [-0.3, -0.25) is 9.59 Å². The fraction of sp³-hybridized carbons (Fsp3) is 0.448. The minimum atomic E-state index is -3.69. The number of nitrogens with zero attached hydrogens (tertiary/aromatic N) is 3. The number of pyridine rings is 1. The van der Waals surface area contributed by atoms with Crippen molar-refractivity contribution in [2.45, 2.75) is 56.9 Å². The minimum Gasteiger partial charge on any atom is -0.347 e. The van der Waals surface area contributed by atoms with E-state index in [4.69, 9.17) is 0 Å². The summed E-state index contributed by atoms with van der Waals surface area (Å²) >= 11 is 0. The monoisotopic (exact) mass is 521 g/mol. The van der Waals surface area contributed by atoms with Gasteiger partial charge in [0.1, 0.15) is 5.56 Å². The third kappa shape index (κ3) is 5.22. The van der Waals surface area contributed by atoms with E-state index in [2.05, 4.69) is 24.3 Å². The number of fused-ring (bicyclic) bond motifs is 1. The zero-order valence-corrected chi connectivity index (χ0v) is 22.3. The van der Waals surface area contributed by atoms with Crippen molar-refractivity contribution >= 4 is 26.8 Å². The van der Waals surface area contributed by atoms with Gasteiger partial charge < -0.3 is 9.47 Å². The summed E-state index contributed by atoms with van der Waals surface area (Å²) in [7, 11) is -3.69. The first kappa shape index (κ1) is 25.7. The first-order chi connectivity index (χ1) is 17.9. The van der Waals surface area contributed by atoms with Gasteiger partial charge in [-0.15, -0.1) is 0 Å². The fourth-order valence-corrected chi connectivity index (χ4v) is 7.21. The molecule has 3 aromatic rings. The summed E-state index contributed by atoms with van der Waals surface area (Å²) in [4.78, 5) is 29.0. The summed E-state index contributed by atoms with van der Waals surface area (Å²) in [5.41, 5.74) is 1.67. The third-order valence-electron chi connectivity index (χ3n) is 7.84. The van der Waals surface area contributed by atoms with Gasteiger partial charge in [0.05, 0.1) is 10.4 Å². The van der Waals surface area contributed by atoms with Gasteiger partial charge in [-0.1, -0.05) is 36.8 Å². The van der Waals surface area contributed by atoms with Gasteiger partial charge in [0.15, 0.2) is 0 Å². The van der Waals surface area contributed by atoms with Crippen molar-refractivity contribution in [3.63, 3.8) is 0 Å². The molecule has 8 heteroatoms. The molecule has 0 atom stereocenters. The Kier molecular flexibility index (Phi) is 7.49. The zero-order valence-electron chi connectivity index (χ0n) is 21.4. The highest BCUT2D eigenvalue weighted by Gasteiger charge is 2.29. The van der Waals surface area contributed by atoms with Gasteiger partial charge in [-0.05, 0) is 68.7 Å². The van der Waals surface area contributed by atoms with Crippen LogP contribution in [-0.4, -0.2) is 54.3 Å². The highest BCUT2D eigenvalue weighted by molar-refractivity contribution is 7.89. The predicted molar refractivity (Wildman–Crippen MR) is 145 cm³/mol. The number of amides is 1. The standard InChI is InChI=1S/C29H35N3O4S/c1-2-30-21-26(29(34)31-17-13-23(14-18-31)19-22-9-5-3-6-10-22)28(33)25-20-24(11-12-27(25)30)37(35,36)32-15-7-4-8-16-32/h3,5-6,9-12,20-21,23H,2,4,7-8,13-19H2,1H3. The van der Waals surface area contributed by atoms with E-state index in [-0.39, 0.29) is 21.8 Å². The van der Waals surface area contributed by atoms with E-state index in [1.165, 1.54) is 15.9 Å². The first-order valence-corrected chi connectivity index (χ1v) is 14.8. The van der Waals surface area contributed by atoms with Crippen LogP contribution in [0.2, 0.25) is 0 Å². The van der Waals surface area contributed by atoms with E-state index < -0.39 is 15.5 Å². The van der Waals surface area contributed by atoms with Crippen LogP contribution in [0.4, 0.5) is 0 Å². The number of piperidine rings is 2. The second kappa shape index (κ2) is 10.8. The van der Waals surface area contributed by atoms with Crippen LogP contribution < -0.4 is 5.43 Å². The number of hydrogen-bond donors (Lipinski definition) is 0. The summed E-state index contributed by atoms with van der Waals surface area (Å²) < 4.78 is 29.9. The Labute approximate surface area is 218 Å². The van der Waals surface area contributed by atoms with Crippen molar-refractivity contribution in [3.8, 4) is 0 Å². The van der Waals surface area contributed by atoms with Crippen LogP contribution in [0.1, 0.15) is 54.9 Å². The van der Waals surface area contributed by atoms with E-state index in [1.807, 2.05) is 17.6 Å². The summed E-state index contributed by atoms with van der Waals surface area (Å²) in [5.74, 6) is 0.245. The van der Waals surface area contributed by atoms with Gasteiger partial charge >= 0.3 is 0 Å². The van der Waals surface area contributed by atoms with Gasteiger partial charge in [0.2, 0.25) is 15.5 Å². The number of aryl methyl sites for hydroxylation is 1. The Balaban J connectivity index is 1.41. The molecule has 0 aliphatic carbocycles. The molecular formula is C29H35N3O4S. The van der Waals surface area contributed by atoms with E-state index >= 15 is 0 Å². The largest absolute Gasteiger partial charge is 0.347 e. The highest BCUT2D eigenvalue weighted by atomic mass is 32.2. The van der Waals surface area contributed by atoms with Crippen molar-refractivity contribution in [3.05, 3.63) is 76.1 Å². The van der Waals surface area contributed by atoms with Crippen molar-refractivity contribution in [2.75, 3.05) is 26.2 Å². The van der Waals surface area contributed by atoms with Crippen LogP contribution >= 0.6 is 0 Å². The summed E-state index contributed by atoms with van der Waals surface area (Å²) in [6.45, 7) is 4.74. The average molecular weight is 522 g/mol. The van der Waals surface area contributed by atoms with Crippen LogP contribution in [0.15, 0.2) is 64.4 Å². The molecule has 7 nitrogen and oxygen atoms in total. The quantitative estimate of drug-likeness (QED) is 0.485. The van der Waals surface area contributed by atoms with E-state index in [0.717, 1.165) is 38.5 Å². The average Bonchev–Trinajstić information content (AvgIpc) is 2.94. The maximum absolute atomic E-state index is 13.6. The maximum Gasteiger partial charge on any atom is 0.259 e. The Hall–Kier alpha value is -2.97. The Morgan fingerprint density at radius 2 is 1.65 bits per heavy atom. The molecule has 0 N–H and O–H groups in total. The van der Waals surface area contributed by atoms with E-state index in [0.29, 0.717) is 44.2 Å². The SMILES string of the molecule is CCn1cc(C(=O)N2CCC(Cc3ccccc3)CC2)c(=O)c2cc(S(=O)(=O)N3CCCCC3)ccc21. The molecule has 0 bridgehead atoms. The lowest BCUT2D eigenvalue weighted by Crippen LogP contribution is -2.41. The second-order valence-corrected chi connectivity index (χ2v) is 12.2. The molecule has 0 spiro atoms. The number of carbonyl (C=O) groups excluding carboxylic acids is 1. The molecule has 37 heavy (non-hydrogen) atoms. The lowest BCUT2D eigenvalue weighted by atomic mass is 9.90. The molecule has 196 valence electrons. The smallest absolute Gasteiger partial charge is 0.259 e. The normalized spacial score (nSPS) is 17.8. The third-order valence-corrected chi connectivity index (χ3v) is 9.74. The van der Waals surface area contributed by atoms with Crippen molar-refractivity contribution < 1.29 is 13.2 Å². The molecule has 0 saturated carbocycles. The Morgan fingerprint density at radius 1 is 0.946 bits per heavy atom. The van der Waals surface area contributed by atoms with Gasteiger partial charge in [-0.2, -0.15) is 4.31 Å². The number of benzene rings is 2. The predicted octanol–water partition coefficient (Wildman–Crippen LogP) is 4.29. The minimum absolute atomic E-state index is 0.114. The summed E-state index contributed by atoms with van der Waals surface area (Å²) in [6, 6.07) is 15.1. The van der Waals surface area contributed by atoms with Crippen LogP contribution in [-0.2, 0) is 23.0 Å². The maximum atomic E-state index is 13.6. The van der Waals surface area contributed by atoms with Crippen molar-refractivity contribution in [2.24, 2.45) is 5.92 Å². The molecule has 0 radical (unpaired) electrons. The molecule has 1 amide bonds. The Bertz CT molecular complexity index is 1440. The van der Waals surface area contributed by atoms with Crippen LogP contribution in [0.3, 0.4) is 0 Å². The topological polar surface area (TPSA) is 79.7 Å². The Morgan fingerprint density at radius 3 is 2.32 bits per heavy atom. The number of likely N-dealkylation sites (tertiary alicyclic amines) is 1. The lowest BCUT2D eigenvalue weighted by Gasteiger charge is -2.32. The molecule has 2 aromatic carbocycles. The van der Waals surface area contributed by atoms with Crippen LogP contribution in [0.25, 0.3) is 10.9 Å². The molecule has 2 aliphatic heterocycles. The number of rotatable bonds is 6. The van der Waals surface area contributed by atoms with Crippen molar-refractivity contribution in [1.82, 2.24) is 13.8 Å². The van der Waals surface area contributed by atoms with Gasteiger partial charge in [0.25, 0.3) is 5.91 Å². The van der Waals surface area contributed by atoms with Crippen LogP contribution in [0, 0.1) is 5.92 Å². The molecular weight excluding hydrogens is 486 g/mol. The molecule has 0 unspecified atom stereocenters. The van der Waals surface area contributed by atoms with E-state index in [1.54, 1.807) is 23.2 Å². The fourth-order valence-electron chi connectivity index (χ4n) is 5.66. The second-order valence-electron chi connectivity index (χ2n) is 10.2. The van der Waals surface area contributed by atoms with E-state index in [9.17, 15) is 18.0 Å². The first-order valence-electron chi connectivity index (χ1n) is 13.4. The van der Waals surface area contributed by atoms with Crippen LogP contribution in [0.5, 0.6) is 0 Å². The molecule has 2 aliphatic rings. The van der Waals surface area contributed by atoms with Crippen molar-refractivity contribution in [1.29, 1.82) is 0 Å². The molecule has 2 fully saturated rings. The lowest BCUT2D eigenvalue weighted by molar-refractivity contribution is 0.0688. The number of sulfonamides is 1. The van der Waals surface area contributed by atoms with Gasteiger partial charge in [-0.25, -0.2) is 8.42 Å². The molecule has 5 rings (SSSR count). The molecule has 2 saturated heterocycles.